The summed E-state index contributed by atoms with van der Waals surface area (Å²) in [7, 11) is 2.07. The predicted octanol–water partition coefficient (Wildman–Crippen LogP) is 4.57. The minimum absolute atomic E-state index is 0.0659. The minimum atomic E-state index is -0.817. The lowest BCUT2D eigenvalue weighted by Crippen LogP contribution is -2.51. The van der Waals surface area contributed by atoms with Gasteiger partial charge < -0.3 is 14.7 Å². The van der Waals surface area contributed by atoms with Crippen molar-refractivity contribution in [3.8, 4) is 0 Å². The molecule has 2 aliphatic rings. The number of benzene rings is 2. The summed E-state index contributed by atoms with van der Waals surface area (Å²) in [5, 5.41) is 12.6. The molecule has 2 fully saturated rings. The van der Waals surface area contributed by atoms with E-state index in [1.807, 2.05) is 48.5 Å². The highest BCUT2D eigenvalue weighted by molar-refractivity contribution is 5.58. The molecule has 0 aromatic heterocycles. The van der Waals surface area contributed by atoms with Gasteiger partial charge in [-0.1, -0.05) is 74.5 Å². The van der Waals surface area contributed by atoms with Gasteiger partial charge >= 0.3 is 0 Å². The van der Waals surface area contributed by atoms with Gasteiger partial charge in [-0.05, 0) is 31.9 Å². The van der Waals surface area contributed by atoms with Crippen LogP contribution in [0.2, 0.25) is 0 Å². The van der Waals surface area contributed by atoms with E-state index >= 15 is 0 Å². The number of nitrogens with zero attached hydrogens (tertiary/aromatic N) is 2. The molecule has 2 heterocycles. The molecule has 5 atom stereocenters. The average molecular weight is 409 g/mol. The smallest absolute Gasteiger partial charge is 0.234 e. The fourth-order valence-electron chi connectivity index (χ4n) is 4.84. The quantitative estimate of drug-likeness (QED) is 0.315. The molecule has 0 N–H and O–H groups in total. The molecule has 0 amide bonds. The Morgan fingerprint density at radius 1 is 1.10 bits per heavy atom. The van der Waals surface area contributed by atoms with Crippen molar-refractivity contribution in [2.75, 3.05) is 7.05 Å². The molecule has 0 unspecified atom stereocenters. The number of rotatable bonds is 5. The first-order valence-electron chi connectivity index (χ1n) is 10.9. The molecule has 4 rings (SSSR count). The number of ether oxygens (including phenoxy) is 2. The van der Waals surface area contributed by atoms with E-state index in [1.54, 1.807) is 6.21 Å². The monoisotopic (exact) mass is 408 g/mol. The van der Waals surface area contributed by atoms with Crippen LogP contribution >= 0.6 is 0 Å². The average Bonchev–Trinajstić information content (AvgIpc) is 3.22. The molecule has 2 aromatic rings. The van der Waals surface area contributed by atoms with E-state index in [4.69, 9.17) is 9.47 Å². The van der Waals surface area contributed by atoms with Crippen LogP contribution in [-0.4, -0.2) is 41.0 Å². The lowest BCUT2D eigenvalue weighted by atomic mass is 9.89. The van der Waals surface area contributed by atoms with Gasteiger partial charge in [-0.25, -0.2) is 9.64 Å². The molecule has 1 spiro atoms. The molecule has 5 heteroatoms. The Hall–Kier alpha value is -2.21. The van der Waals surface area contributed by atoms with Gasteiger partial charge in [0.05, 0.1) is 0 Å². The molecule has 2 aromatic carbocycles. The molecule has 0 saturated carbocycles. The number of likely N-dealkylation sites (N-methyl/N-ethyl adjacent to an activating group) is 1. The summed E-state index contributed by atoms with van der Waals surface area (Å²) < 4.78 is 14.2. The van der Waals surface area contributed by atoms with Crippen LogP contribution in [0.15, 0.2) is 60.7 Å². The third-order valence-electron chi connectivity index (χ3n) is 6.56. The Morgan fingerprint density at radius 2 is 1.73 bits per heavy atom. The summed E-state index contributed by atoms with van der Waals surface area (Å²) >= 11 is 0. The van der Waals surface area contributed by atoms with Gasteiger partial charge in [0.2, 0.25) is 5.91 Å². The fourth-order valence-corrected chi connectivity index (χ4v) is 4.84. The third kappa shape index (κ3) is 3.89. The van der Waals surface area contributed by atoms with Gasteiger partial charge in [-0.3, -0.25) is 0 Å². The SMILES string of the molecule is CC(C)[C@@H]1C[C@@H](/C=[N+](\[O-])Cc2ccccc2)O[C@]12O[C@@H](c1ccccc1)[C@H](C)N2C. The minimum Gasteiger partial charge on any atom is -0.624 e. The maximum atomic E-state index is 12.6. The lowest BCUT2D eigenvalue weighted by molar-refractivity contribution is -0.473. The third-order valence-corrected chi connectivity index (χ3v) is 6.56. The molecule has 2 saturated heterocycles. The van der Waals surface area contributed by atoms with Crippen molar-refractivity contribution >= 4 is 6.21 Å². The van der Waals surface area contributed by atoms with Crippen LogP contribution in [0.1, 0.15) is 44.4 Å². The molecule has 0 bridgehead atoms. The maximum absolute atomic E-state index is 12.6. The second kappa shape index (κ2) is 8.50. The van der Waals surface area contributed by atoms with Crippen LogP contribution in [0.3, 0.4) is 0 Å². The molecule has 2 aliphatic heterocycles. The summed E-state index contributed by atoms with van der Waals surface area (Å²) in [6.45, 7) is 6.91. The molecule has 5 nitrogen and oxygen atoms in total. The van der Waals surface area contributed by atoms with Gasteiger partial charge in [-0.15, -0.1) is 0 Å². The summed E-state index contributed by atoms with van der Waals surface area (Å²) in [6.07, 6.45) is 2.10. The highest BCUT2D eigenvalue weighted by atomic mass is 16.7. The lowest BCUT2D eigenvalue weighted by Gasteiger charge is -2.37. The largest absolute Gasteiger partial charge is 0.624 e. The van der Waals surface area contributed by atoms with Crippen molar-refractivity contribution in [3.05, 3.63) is 77.0 Å². The van der Waals surface area contributed by atoms with Crippen LogP contribution in [0.25, 0.3) is 0 Å². The molecule has 30 heavy (non-hydrogen) atoms. The second-order valence-electron chi connectivity index (χ2n) is 8.88. The summed E-state index contributed by atoms with van der Waals surface area (Å²) in [5.41, 5.74) is 2.14. The van der Waals surface area contributed by atoms with E-state index in [0.717, 1.165) is 22.3 Å². The first kappa shape index (κ1) is 21.0. The van der Waals surface area contributed by atoms with Crippen LogP contribution < -0.4 is 0 Å². The molecule has 0 radical (unpaired) electrons. The summed E-state index contributed by atoms with van der Waals surface area (Å²) in [5.74, 6) is -0.283. The van der Waals surface area contributed by atoms with Crippen molar-refractivity contribution in [3.63, 3.8) is 0 Å². The fraction of sp³-hybridized carbons (Fsp3) is 0.480. The van der Waals surface area contributed by atoms with Crippen molar-refractivity contribution in [1.29, 1.82) is 0 Å². The van der Waals surface area contributed by atoms with Crippen LogP contribution in [-0.2, 0) is 16.0 Å². The molecule has 160 valence electrons. The van der Waals surface area contributed by atoms with Crippen molar-refractivity contribution in [2.45, 2.75) is 57.9 Å². The zero-order valence-corrected chi connectivity index (χ0v) is 18.3. The normalized spacial score (nSPS) is 32.4. The van der Waals surface area contributed by atoms with E-state index in [0.29, 0.717) is 12.5 Å². The first-order chi connectivity index (χ1) is 14.4. The summed E-state index contributed by atoms with van der Waals surface area (Å²) in [6, 6.07) is 20.3. The molecular weight excluding hydrogens is 376 g/mol. The van der Waals surface area contributed by atoms with Crippen LogP contribution in [0.4, 0.5) is 0 Å². The molecule has 0 aliphatic carbocycles. The number of hydrogen-bond donors (Lipinski definition) is 0. The van der Waals surface area contributed by atoms with Gasteiger partial charge in [0.25, 0.3) is 0 Å². The maximum Gasteiger partial charge on any atom is 0.234 e. The van der Waals surface area contributed by atoms with E-state index in [2.05, 4.69) is 44.9 Å². The van der Waals surface area contributed by atoms with Gasteiger partial charge in [0.15, 0.2) is 12.8 Å². The zero-order chi connectivity index (χ0) is 21.3. The Labute approximate surface area is 179 Å². The van der Waals surface area contributed by atoms with Gasteiger partial charge in [-0.2, -0.15) is 0 Å². The number of hydrogen-bond acceptors (Lipinski definition) is 4. The van der Waals surface area contributed by atoms with E-state index in [1.165, 1.54) is 0 Å². The number of hydroxylamine groups is 1. The van der Waals surface area contributed by atoms with E-state index in [-0.39, 0.29) is 24.2 Å². The highest BCUT2D eigenvalue weighted by Crippen LogP contribution is 2.51. The first-order valence-corrected chi connectivity index (χ1v) is 10.9. The highest BCUT2D eigenvalue weighted by Gasteiger charge is 2.61. The Bertz CT molecular complexity index is 870. The topological polar surface area (TPSA) is 47.8 Å². The van der Waals surface area contributed by atoms with Gasteiger partial charge in [0.1, 0.15) is 12.2 Å². The van der Waals surface area contributed by atoms with Crippen LogP contribution in [0.5, 0.6) is 0 Å². The standard InChI is InChI=1S/C25H32N2O3/c1-18(2)23-15-22(17-27(28)16-20-11-7-5-8-12-20)29-25(23)26(4)19(3)24(30-25)21-13-9-6-10-14-21/h5-14,17-19,22-24H,15-16H2,1-4H3/b27-17-/t19-,22-,23-,24+,25-/m0/s1. The Kier molecular flexibility index (Phi) is 5.96. The van der Waals surface area contributed by atoms with Crippen molar-refractivity contribution in [2.24, 2.45) is 11.8 Å². The van der Waals surface area contributed by atoms with Gasteiger partial charge in [0, 0.05) is 17.5 Å². The zero-order valence-electron chi connectivity index (χ0n) is 18.3. The predicted molar refractivity (Wildman–Crippen MR) is 118 cm³/mol. The van der Waals surface area contributed by atoms with E-state index < -0.39 is 5.91 Å². The summed E-state index contributed by atoms with van der Waals surface area (Å²) in [4.78, 5) is 2.22. The Balaban J connectivity index is 1.57. The Morgan fingerprint density at radius 3 is 2.37 bits per heavy atom. The second-order valence-corrected chi connectivity index (χ2v) is 8.88. The van der Waals surface area contributed by atoms with Crippen molar-refractivity contribution < 1.29 is 14.2 Å². The van der Waals surface area contributed by atoms with Crippen LogP contribution in [0, 0.1) is 17.0 Å². The van der Waals surface area contributed by atoms with Crippen molar-refractivity contribution in [1.82, 2.24) is 4.90 Å². The van der Waals surface area contributed by atoms with E-state index in [9.17, 15) is 5.21 Å². The molecular formula is C25H32N2O3.